The second kappa shape index (κ2) is 6.54. The van der Waals surface area contributed by atoms with Crippen molar-refractivity contribution in [1.29, 1.82) is 0 Å². The molecule has 5 heteroatoms. The van der Waals surface area contributed by atoms with E-state index in [2.05, 4.69) is 59.4 Å². The molecular formula is C16H24N4S. The van der Waals surface area contributed by atoms with E-state index in [0.29, 0.717) is 0 Å². The van der Waals surface area contributed by atoms with Crippen molar-refractivity contribution in [2.75, 3.05) is 11.9 Å². The molecule has 2 aromatic rings. The van der Waals surface area contributed by atoms with Gasteiger partial charge in [0, 0.05) is 30.7 Å². The molecule has 0 bridgehead atoms. The van der Waals surface area contributed by atoms with Gasteiger partial charge in [-0.2, -0.15) is 0 Å². The SMILES string of the molecule is Cc1nc(CN(C)c2cnccc2CNC(C)(C)C)cs1. The third-order valence-electron chi connectivity index (χ3n) is 3.17. The van der Waals surface area contributed by atoms with Crippen LogP contribution in [0, 0.1) is 6.92 Å². The first-order valence-electron chi connectivity index (χ1n) is 7.15. The monoisotopic (exact) mass is 304 g/mol. The summed E-state index contributed by atoms with van der Waals surface area (Å²) in [5.74, 6) is 0. The van der Waals surface area contributed by atoms with Crippen molar-refractivity contribution in [2.45, 2.75) is 46.3 Å². The Morgan fingerprint density at radius 2 is 2.10 bits per heavy atom. The van der Waals surface area contributed by atoms with Crippen molar-refractivity contribution in [2.24, 2.45) is 0 Å². The highest BCUT2D eigenvalue weighted by molar-refractivity contribution is 7.09. The molecule has 0 aromatic carbocycles. The molecule has 2 heterocycles. The lowest BCUT2D eigenvalue weighted by atomic mass is 10.1. The molecule has 0 aliphatic heterocycles. The van der Waals surface area contributed by atoms with Gasteiger partial charge in [0.05, 0.1) is 29.1 Å². The maximum atomic E-state index is 4.53. The summed E-state index contributed by atoms with van der Waals surface area (Å²) >= 11 is 1.69. The number of aryl methyl sites for hydroxylation is 1. The van der Waals surface area contributed by atoms with E-state index >= 15 is 0 Å². The second-order valence-corrected chi connectivity index (χ2v) is 7.38. The Morgan fingerprint density at radius 1 is 1.33 bits per heavy atom. The molecule has 2 rings (SSSR count). The van der Waals surface area contributed by atoms with Crippen molar-refractivity contribution >= 4 is 17.0 Å². The molecule has 0 aliphatic rings. The Labute approximate surface area is 131 Å². The van der Waals surface area contributed by atoms with E-state index in [9.17, 15) is 0 Å². The molecule has 4 nitrogen and oxygen atoms in total. The molecule has 0 saturated carbocycles. The third kappa shape index (κ3) is 4.79. The average Bonchev–Trinajstić information content (AvgIpc) is 2.81. The minimum Gasteiger partial charge on any atom is -0.367 e. The number of anilines is 1. The predicted molar refractivity (Wildman–Crippen MR) is 89.8 cm³/mol. The summed E-state index contributed by atoms with van der Waals surface area (Å²) in [6.45, 7) is 10.2. The zero-order valence-corrected chi connectivity index (χ0v) is 14.3. The van der Waals surface area contributed by atoms with Gasteiger partial charge in [-0.25, -0.2) is 4.98 Å². The lowest BCUT2D eigenvalue weighted by molar-refractivity contribution is 0.424. The Hall–Kier alpha value is -1.46. The summed E-state index contributed by atoms with van der Waals surface area (Å²) in [7, 11) is 2.09. The van der Waals surface area contributed by atoms with E-state index in [1.54, 1.807) is 11.3 Å². The minimum absolute atomic E-state index is 0.102. The van der Waals surface area contributed by atoms with E-state index in [-0.39, 0.29) is 5.54 Å². The molecule has 0 saturated heterocycles. The van der Waals surface area contributed by atoms with Crippen LogP contribution in [0.5, 0.6) is 0 Å². The van der Waals surface area contributed by atoms with Crippen LogP contribution >= 0.6 is 11.3 Å². The van der Waals surface area contributed by atoms with Crippen LogP contribution < -0.4 is 10.2 Å². The van der Waals surface area contributed by atoms with Crippen molar-refractivity contribution in [3.05, 3.63) is 40.1 Å². The molecule has 0 radical (unpaired) electrons. The van der Waals surface area contributed by atoms with Crippen LogP contribution in [-0.2, 0) is 13.1 Å². The quantitative estimate of drug-likeness (QED) is 0.919. The van der Waals surface area contributed by atoms with E-state index in [1.165, 1.54) is 5.56 Å². The fraction of sp³-hybridized carbons (Fsp3) is 0.500. The van der Waals surface area contributed by atoms with Gasteiger partial charge in [0.15, 0.2) is 0 Å². The lowest BCUT2D eigenvalue weighted by Crippen LogP contribution is -2.35. The average molecular weight is 304 g/mol. The number of rotatable bonds is 5. The number of aromatic nitrogens is 2. The number of hydrogen-bond donors (Lipinski definition) is 1. The number of nitrogens with one attached hydrogen (secondary N) is 1. The van der Waals surface area contributed by atoms with Gasteiger partial charge in [-0.15, -0.1) is 11.3 Å². The maximum Gasteiger partial charge on any atom is 0.0898 e. The molecule has 2 aromatic heterocycles. The summed E-state index contributed by atoms with van der Waals surface area (Å²) in [5, 5.41) is 6.76. The van der Waals surface area contributed by atoms with Gasteiger partial charge in [0.2, 0.25) is 0 Å². The largest absolute Gasteiger partial charge is 0.367 e. The highest BCUT2D eigenvalue weighted by atomic mass is 32.1. The predicted octanol–water partition coefficient (Wildman–Crippen LogP) is 3.37. The number of hydrogen-bond acceptors (Lipinski definition) is 5. The number of pyridine rings is 1. The highest BCUT2D eigenvalue weighted by Crippen LogP contribution is 2.21. The molecule has 1 N–H and O–H groups in total. The van der Waals surface area contributed by atoms with Crippen LogP contribution in [0.15, 0.2) is 23.8 Å². The first kappa shape index (κ1) is 15.9. The standard InChI is InChI=1S/C16H24N4S/c1-12-19-14(11-21-12)10-20(5)15-9-17-7-6-13(15)8-18-16(2,3)4/h6-7,9,11,18H,8,10H2,1-5H3. The molecule has 21 heavy (non-hydrogen) atoms. The molecule has 0 aliphatic carbocycles. The number of thiazole rings is 1. The van der Waals surface area contributed by atoms with E-state index in [0.717, 1.165) is 29.5 Å². The Kier molecular flexibility index (Phi) is 4.96. The van der Waals surface area contributed by atoms with Crippen molar-refractivity contribution < 1.29 is 0 Å². The number of nitrogens with zero attached hydrogens (tertiary/aromatic N) is 3. The molecule has 0 fully saturated rings. The highest BCUT2D eigenvalue weighted by Gasteiger charge is 2.13. The topological polar surface area (TPSA) is 41.1 Å². The fourth-order valence-corrected chi connectivity index (χ4v) is 2.68. The van der Waals surface area contributed by atoms with Crippen molar-refractivity contribution in [3.63, 3.8) is 0 Å². The molecule has 0 amide bonds. The fourth-order valence-electron chi connectivity index (χ4n) is 2.08. The van der Waals surface area contributed by atoms with Crippen molar-refractivity contribution in [3.8, 4) is 0 Å². The Balaban J connectivity index is 2.11. The molecule has 114 valence electrons. The Bertz CT molecular complexity index is 586. The normalized spacial score (nSPS) is 11.7. The summed E-state index contributed by atoms with van der Waals surface area (Å²) in [6, 6.07) is 2.08. The summed E-state index contributed by atoms with van der Waals surface area (Å²) < 4.78 is 0. The van der Waals surface area contributed by atoms with Crippen LogP contribution in [-0.4, -0.2) is 22.6 Å². The van der Waals surface area contributed by atoms with Gasteiger partial charge in [-0.05, 0) is 39.3 Å². The first-order valence-corrected chi connectivity index (χ1v) is 8.03. The van der Waals surface area contributed by atoms with Gasteiger partial charge in [-0.1, -0.05) is 0 Å². The molecule has 0 atom stereocenters. The molecule has 0 spiro atoms. The van der Waals surface area contributed by atoms with Crippen LogP contribution in [0.4, 0.5) is 5.69 Å². The van der Waals surface area contributed by atoms with Crippen LogP contribution in [0.25, 0.3) is 0 Å². The van der Waals surface area contributed by atoms with Crippen LogP contribution in [0.3, 0.4) is 0 Å². The summed E-state index contributed by atoms with van der Waals surface area (Å²) in [4.78, 5) is 11.0. The summed E-state index contributed by atoms with van der Waals surface area (Å²) in [5.41, 5.74) is 3.62. The second-order valence-electron chi connectivity index (χ2n) is 6.32. The van der Waals surface area contributed by atoms with E-state index in [4.69, 9.17) is 0 Å². The van der Waals surface area contributed by atoms with Gasteiger partial charge in [0.25, 0.3) is 0 Å². The van der Waals surface area contributed by atoms with E-state index in [1.807, 2.05) is 19.3 Å². The summed E-state index contributed by atoms with van der Waals surface area (Å²) in [6.07, 6.45) is 3.78. The molecular weight excluding hydrogens is 280 g/mol. The minimum atomic E-state index is 0.102. The lowest BCUT2D eigenvalue weighted by Gasteiger charge is -2.25. The van der Waals surface area contributed by atoms with Crippen LogP contribution in [0.1, 0.15) is 37.0 Å². The first-order chi connectivity index (χ1) is 9.85. The Morgan fingerprint density at radius 3 is 2.71 bits per heavy atom. The maximum absolute atomic E-state index is 4.53. The van der Waals surface area contributed by atoms with E-state index < -0.39 is 0 Å². The third-order valence-corrected chi connectivity index (χ3v) is 4.00. The van der Waals surface area contributed by atoms with Gasteiger partial charge < -0.3 is 10.2 Å². The van der Waals surface area contributed by atoms with Gasteiger partial charge in [0.1, 0.15) is 0 Å². The zero-order chi connectivity index (χ0) is 15.5. The van der Waals surface area contributed by atoms with Gasteiger partial charge in [-0.3, -0.25) is 4.98 Å². The van der Waals surface area contributed by atoms with Gasteiger partial charge >= 0.3 is 0 Å². The van der Waals surface area contributed by atoms with Crippen molar-refractivity contribution in [1.82, 2.24) is 15.3 Å². The smallest absolute Gasteiger partial charge is 0.0898 e. The van der Waals surface area contributed by atoms with Crippen LogP contribution in [0.2, 0.25) is 0 Å². The molecule has 0 unspecified atom stereocenters. The zero-order valence-electron chi connectivity index (χ0n) is 13.5.